The molecule has 2 rings (SSSR count). The number of rotatable bonds is 5. The first-order valence-electron chi connectivity index (χ1n) is 6.53. The number of hydrogen-bond donors (Lipinski definition) is 1. The molecule has 100 valence electrons. The van der Waals surface area contributed by atoms with Gasteiger partial charge in [-0.1, -0.05) is 37.6 Å². The van der Waals surface area contributed by atoms with Gasteiger partial charge >= 0.3 is 0 Å². The van der Waals surface area contributed by atoms with Gasteiger partial charge in [-0.15, -0.1) is 0 Å². The lowest BCUT2D eigenvalue weighted by atomic mass is 10.0. The number of nitrogens with zero attached hydrogens (tertiary/aromatic N) is 1. The van der Waals surface area contributed by atoms with Crippen molar-refractivity contribution in [1.82, 2.24) is 4.98 Å². The zero-order chi connectivity index (χ0) is 13.7. The zero-order valence-electron chi connectivity index (χ0n) is 11.3. The topological polar surface area (TPSA) is 42.4 Å². The van der Waals surface area contributed by atoms with Crippen LogP contribution in [0.3, 0.4) is 0 Å². The van der Waals surface area contributed by atoms with E-state index in [9.17, 15) is 5.11 Å². The molecule has 0 aliphatic heterocycles. The fourth-order valence-corrected chi connectivity index (χ4v) is 2.01. The van der Waals surface area contributed by atoms with Gasteiger partial charge in [-0.3, -0.25) is 0 Å². The third-order valence-electron chi connectivity index (χ3n) is 3.14. The maximum atomic E-state index is 9.92. The van der Waals surface area contributed by atoms with E-state index in [0.717, 1.165) is 29.5 Å². The van der Waals surface area contributed by atoms with Crippen LogP contribution in [0.1, 0.15) is 31.4 Å². The number of ether oxygens (including phenoxy) is 1. The second-order valence-electron chi connectivity index (χ2n) is 4.52. The molecule has 0 bridgehead atoms. The second-order valence-corrected chi connectivity index (χ2v) is 4.52. The van der Waals surface area contributed by atoms with Gasteiger partial charge in [0.05, 0.1) is 13.2 Å². The molecule has 3 nitrogen and oxygen atoms in total. The highest BCUT2D eigenvalue weighted by atomic mass is 16.5. The Bertz CT molecular complexity index is 505. The molecule has 1 N–H and O–H groups in total. The van der Waals surface area contributed by atoms with E-state index in [1.165, 1.54) is 0 Å². The highest BCUT2D eigenvalue weighted by Gasteiger charge is 2.06. The highest BCUT2D eigenvalue weighted by Crippen LogP contribution is 2.24. The van der Waals surface area contributed by atoms with Crippen molar-refractivity contribution in [1.29, 1.82) is 0 Å². The quantitative estimate of drug-likeness (QED) is 0.890. The average Bonchev–Trinajstić information content (AvgIpc) is 2.48. The number of aromatic nitrogens is 1. The van der Waals surface area contributed by atoms with E-state index >= 15 is 0 Å². The summed E-state index contributed by atoms with van der Waals surface area (Å²) in [5.41, 5.74) is 3.09. The van der Waals surface area contributed by atoms with Crippen molar-refractivity contribution in [3.05, 3.63) is 48.2 Å². The molecule has 0 fully saturated rings. The summed E-state index contributed by atoms with van der Waals surface area (Å²) < 4.78 is 5.04. The van der Waals surface area contributed by atoms with Crippen LogP contribution in [0, 0.1) is 0 Å². The van der Waals surface area contributed by atoms with E-state index in [0.29, 0.717) is 5.88 Å². The molecule has 0 amide bonds. The number of methoxy groups -OCH3 is 1. The molecule has 0 aliphatic carbocycles. The first kappa shape index (κ1) is 13.6. The number of hydrogen-bond acceptors (Lipinski definition) is 3. The van der Waals surface area contributed by atoms with Crippen LogP contribution in [0.5, 0.6) is 5.88 Å². The van der Waals surface area contributed by atoms with Crippen molar-refractivity contribution < 1.29 is 9.84 Å². The Morgan fingerprint density at radius 3 is 2.32 bits per heavy atom. The molecule has 0 radical (unpaired) electrons. The maximum Gasteiger partial charge on any atom is 0.212 e. The van der Waals surface area contributed by atoms with Crippen LogP contribution in [0.15, 0.2) is 42.6 Å². The first-order valence-corrected chi connectivity index (χ1v) is 6.53. The van der Waals surface area contributed by atoms with Crippen LogP contribution >= 0.6 is 0 Å². The molecule has 1 aromatic heterocycles. The minimum Gasteiger partial charge on any atom is -0.481 e. The van der Waals surface area contributed by atoms with Gasteiger partial charge in [0.1, 0.15) is 0 Å². The minimum absolute atomic E-state index is 0.368. The Balaban J connectivity index is 2.17. The van der Waals surface area contributed by atoms with E-state index in [1.807, 2.05) is 36.4 Å². The zero-order valence-corrected chi connectivity index (χ0v) is 11.3. The number of aliphatic hydroxyl groups is 1. The minimum atomic E-state index is -0.368. The van der Waals surface area contributed by atoms with Crippen molar-refractivity contribution >= 4 is 0 Å². The molecule has 0 aliphatic rings. The molecule has 1 aromatic carbocycles. The summed E-state index contributed by atoms with van der Waals surface area (Å²) in [6.45, 7) is 2.07. The van der Waals surface area contributed by atoms with Crippen LogP contribution in [0.4, 0.5) is 0 Å². The van der Waals surface area contributed by atoms with Crippen molar-refractivity contribution in [2.24, 2.45) is 0 Å². The molecule has 1 unspecified atom stereocenters. The van der Waals surface area contributed by atoms with E-state index < -0.39 is 0 Å². The van der Waals surface area contributed by atoms with Gasteiger partial charge < -0.3 is 9.84 Å². The molecule has 0 saturated heterocycles. The Labute approximate surface area is 113 Å². The van der Waals surface area contributed by atoms with Crippen molar-refractivity contribution in [2.75, 3.05) is 7.11 Å². The molecule has 3 heteroatoms. The van der Waals surface area contributed by atoms with Gasteiger partial charge in [-0.05, 0) is 23.6 Å². The highest BCUT2D eigenvalue weighted by molar-refractivity contribution is 5.63. The summed E-state index contributed by atoms with van der Waals surface area (Å²) in [5.74, 6) is 0.610. The monoisotopic (exact) mass is 257 g/mol. The van der Waals surface area contributed by atoms with Crippen molar-refractivity contribution in [3.8, 4) is 17.0 Å². The van der Waals surface area contributed by atoms with Gasteiger partial charge in [0.2, 0.25) is 5.88 Å². The third kappa shape index (κ3) is 3.32. The summed E-state index contributed by atoms with van der Waals surface area (Å²) in [6, 6.07) is 11.8. The van der Waals surface area contributed by atoms with Crippen molar-refractivity contribution in [3.63, 3.8) is 0 Å². The largest absolute Gasteiger partial charge is 0.481 e. The van der Waals surface area contributed by atoms with E-state index in [4.69, 9.17) is 4.74 Å². The lowest BCUT2D eigenvalue weighted by molar-refractivity contribution is 0.166. The smallest absolute Gasteiger partial charge is 0.212 e. The SMILES string of the molecule is CCCC(O)c1ccc(-c2ccc(OC)nc2)cc1. The third-order valence-corrected chi connectivity index (χ3v) is 3.14. The Morgan fingerprint density at radius 2 is 1.79 bits per heavy atom. The molecule has 1 heterocycles. The molecule has 19 heavy (non-hydrogen) atoms. The van der Waals surface area contributed by atoms with Crippen molar-refractivity contribution in [2.45, 2.75) is 25.9 Å². The van der Waals surface area contributed by atoms with Crippen LogP contribution in [-0.4, -0.2) is 17.2 Å². The summed E-state index contributed by atoms with van der Waals surface area (Å²) >= 11 is 0. The summed E-state index contributed by atoms with van der Waals surface area (Å²) in [7, 11) is 1.60. The fourth-order valence-electron chi connectivity index (χ4n) is 2.01. The lowest BCUT2D eigenvalue weighted by Crippen LogP contribution is -1.96. The average molecular weight is 257 g/mol. The molecule has 0 saturated carbocycles. The van der Waals surface area contributed by atoms with E-state index in [2.05, 4.69) is 11.9 Å². The lowest BCUT2D eigenvalue weighted by Gasteiger charge is -2.10. The Hall–Kier alpha value is -1.87. The van der Waals surface area contributed by atoms with Gasteiger partial charge in [-0.2, -0.15) is 0 Å². The summed E-state index contributed by atoms with van der Waals surface area (Å²) in [6.07, 6.45) is 3.19. The van der Waals surface area contributed by atoms with Crippen LogP contribution < -0.4 is 4.74 Å². The molecular formula is C16H19NO2. The van der Waals surface area contributed by atoms with E-state index in [-0.39, 0.29) is 6.10 Å². The predicted octanol–water partition coefficient (Wildman–Crippen LogP) is 3.59. The molecule has 0 spiro atoms. The number of aliphatic hydroxyl groups excluding tert-OH is 1. The Morgan fingerprint density at radius 1 is 1.11 bits per heavy atom. The molecular weight excluding hydrogens is 238 g/mol. The van der Waals surface area contributed by atoms with Crippen LogP contribution in [-0.2, 0) is 0 Å². The van der Waals surface area contributed by atoms with Gasteiger partial charge in [0.15, 0.2) is 0 Å². The number of benzene rings is 1. The second kappa shape index (κ2) is 6.34. The van der Waals surface area contributed by atoms with E-state index in [1.54, 1.807) is 13.3 Å². The van der Waals surface area contributed by atoms with Crippen LogP contribution in [0.2, 0.25) is 0 Å². The van der Waals surface area contributed by atoms with Crippen LogP contribution in [0.25, 0.3) is 11.1 Å². The normalized spacial score (nSPS) is 12.2. The summed E-state index contributed by atoms with van der Waals surface area (Å²) in [5, 5.41) is 9.92. The fraction of sp³-hybridized carbons (Fsp3) is 0.312. The predicted molar refractivity (Wildman–Crippen MR) is 76.1 cm³/mol. The Kier molecular flexibility index (Phi) is 4.53. The van der Waals surface area contributed by atoms with Gasteiger partial charge in [0.25, 0.3) is 0 Å². The standard InChI is InChI=1S/C16H19NO2/c1-3-4-15(18)13-7-5-12(6-8-13)14-9-10-16(19-2)17-11-14/h5-11,15,18H,3-4H2,1-2H3. The summed E-state index contributed by atoms with van der Waals surface area (Å²) in [4.78, 5) is 4.19. The van der Waals surface area contributed by atoms with Gasteiger partial charge in [-0.25, -0.2) is 4.98 Å². The maximum absolute atomic E-state index is 9.92. The van der Waals surface area contributed by atoms with Gasteiger partial charge in [0, 0.05) is 17.8 Å². The first-order chi connectivity index (χ1) is 9.24. The molecule has 2 aromatic rings. The number of pyridine rings is 1. The molecule has 1 atom stereocenters.